The fraction of sp³-hybridized carbons (Fsp3) is 0.684. The van der Waals surface area contributed by atoms with Gasteiger partial charge >= 0.3 is 0 Å². The van der Waals surface area contributed by atoms with E-state index in [1.165, 1.54) is 4.90 Å². The van der Waals surface area contributed by atoms with Crippen LogP contribution in [0.5, 0.6) is 0 Å². The molecule has 0 aromatic carbocycles. The average molecular weight is 363 g/mol. The molecule has 0 radical (unpaired) electrons. The van der Waals surface area contributed by atoms with Gasteiger partial charge in [-0.1, -0.05) is 13.8 Å². The van der Waals surface area contributed by atoms with E-state index in [9.17, 15) is 19.8 Å². The molecule has 7 heteroatoms. The van der Waals surface area contributed by atoms with E-state index in [1.54, 1.807) is 12.1 Å². The number of hydrogen-bond acceptors (Lipinski definition) is 6. The molecule has 3 heterocycles. The number of amides is 2. The van der Waals surface area contributed by atoms with Crippen molar-refractivity contribution >= 4 is 11.8 Å². The highest BCUT2D eigenvalue weighted by molar-refractivity contribution is 6.05. The van der Waals surface area contributed by atoms with Crippen molar-refractivity contribution in [2.75, 3.05) is 6.54 Å². The predicted octanol–water partition coefficient (Wildman–Crippen LogP) is 1.59. The number of aliphatic hydroxyl groups excluding tert-OH is 1. The van der Waals surface area contributed by atoms with E-state index >= 15 is 0 Å². The van der Waals surface area contributed by atoms with E-state index in [0.717, 1.165) is 6.42 Å². The van der Waals surface area contributed by atoms with Gasteiger partial charge in [0.05, 0.1) is 11.8 Å². The Labute approximate surface area is 151 Å². The van der Waals surface area contributed by atoms with E-state index in [1.807, 2.05) is 13.8 Å². The van der Waals surface area contributed by atoms with Crippen LogP contribution in [0.2, 0.25) is 0 Å². The number of rotatable bonds is 4. The van der Waals surface area contributed by atoms with Gasteiger partial charge in [-0.05, 0) is 31.4 Å². The van der Waals surface area contributed by atoms with Crippen LogP contribution in [0.1, 0.15) is 50.7 Å². The van der Waals surface area contributed by atoms with Crippen LogP contribution in [-0.4, -0.2) is 39.3 Å². The van der Waals surface area contributed by atoms with Gasteiger partial charge in [0.2, 0.25) is 11.8 Å². The summed E-state index contributed by atoms with van der Waals surface area (Å²) >= 11 is 0. The summed E-state index contributed by atoms with van der Waals surface area (Å²) in [6.45, 7) is 4.02. The summed E-state index contributed by atoms with van der Waals surface area (Å²) in [6.07, 6.45) is 1.08. The van der Waals surface area contributed by atoms with Crippen LogP contribution in [-0.2, 0) is 20.9 Å². The average Bonchev–Trinajstić information content (AvgIpc) is 3.28. The number of fused-ring (bicyclic) bond motifs is 3. The second-order valence-corrected chi connectivity index (χ2v) is 7.76. The fourth-order valence-electron chi connectivity index (χ4n) is 4.98. The number of hydrogen-bond donors (Lipinski definition) is 2. The molecular formula is C19H25NO6. The minimum Gasteiger partial charge on any atom is -0.461 e. The monoisotopic (exact) mass is 363 g/mol. The van der Waals surface area contributed by atoms with Gasteiger partial charge in [0.25, 0.3) is 0 Å². The van der Waals surface area contributed by atoms with Crippen molar-refractivity contribution in [3.05, 3.63) is 23.7 Å². The minimum absolute atomic E-state index is 0.111. The minimum atomic E-state index is -1.45. The quantitative estimate of drug-likeness (QED) is 0.788. The maximum Gasteiger partial charge on any atom is 0.233 e. The molecule has 2 amide bonds. The lowest BCUT2D eigenvalue weighted by molar-refractivity contribution is -0.266. The zero-order valence-corrected chi connectivity index (χ0v) is 15.1. The Kier molecular flexibility index (Phi) is 4.21. The molecule has 1 aromatic rings. The fourth-order valence-corrected chi connectivity index (χ4v) is 4.98. The molecule has 3 fully saturated rings. The first kappa shape index (κ1) is 17.7. The lowest BCUT2D eigenvalue weighted by Gasteiger charge is -2.43. The Hall–Kier alpha value is -1.70. The van der Waals surface area contributed by atoms with E-state index in [4.69, 9.17) is 9.15 Å². The number of aliphatic hydroxyl groups is 2. The van der Waals surface area contributed by atoms with Crippen molar-refractivity contribution < 1.29 is 29.0 Å². The third-order valence-corrected chi connectivity index (χ3v) is 6.25. The highest BCUT2D eigenvalue weighted by atomic mass is 16.6. The molecule has 4 rings (SSSR count). The Morgan fingerprint density at radius 1 is 1.27 bits per heavy atom. The number of nitrogens with zero attached hydrogens (tertiary/aromatic N) is 1. The van der Waals surface area contributed by atoms with E-state index in [-0.39, 0.29) is 30.3 Å². The van der Waals surface area contributed by atoms with Gasteiger partial charge in [-0.3, -0.25) is 14.5 Å². The van der Waals surface area contributed by atoms with Gasteiger partial charge in [0.15, 0.2) is 5.79 Å². The van der Waals surface area contributed by atoms with Gasteiger partial charge in [-0.15, -0.1) is 0 Å². The third kappa shape index (κ3) is 2.37. The summed E-state index contributed by atoms with van der Waals surface area (Å²) in [6, 6.07) is 3.40. The van der Waals surface area contributed by atoms with Crippen molar-refractivity contribution in [2.45, 2.75) is 51.6 Å². The smallest absolute Gasteiger partial charge is 0.233 e. The molecule has 3 aliphatic rings. The molecule has 26 heavy (non-hydrogen) atoms. The van der Waals surface area contributed by atoms with Crippen molar-refractivity contribution in [3.63, 3.8) is 0 Å². The molecular weight excluding hydrogens is 338 g/mol. The maximum absolute atomic E-state index is 12.9. The standard InChI is InChI=1S/C19H25NO6/c1-3-6-20-17(22)12-7-10(2)19(24)13(16(12)18(20)23)8-15(26-19)14-5-4-11(9-21)25-14/h4-5,10,12-13,15-16,21,24H,3,6-9H2,1-2H3/t10-,12-,13-,15-,16-,19+/m0/s1. The van der Waals surface area contributed by atoms with Gasteiger partial charge in [-0.25, -0.2) is 0 Å². The molecule has 1 aliphatic carbocycles. The first-order valence-corrected chi connectivity index (χ1v) is 9.35. The molecule has 0 bridgehead atoms. The maximum atomic E-state index is 12.9. The molecule has 0 unspecified atom stereocenters. The molecule has 6 atom stereocenters. The lowest BCUT2D eigenvalue weighted by atomic mass is 9.65. The topological polar surface area (TPSA) is 100 Å². The van der Waals surface area contributed by atoms with Crippen LogP contribution < -0.4 is 0 Å². The summed E-state index contributed by atoms with van der Waals surface area (Å²) in [5.41, 5.74) is 0. The van der Waals surface area contributed by atoms with Gasteiger partial charge in [0, 0.05) is 18.4 Å². The number of likely N-dealkylation sites (tertiary alicyclic amines) is 1. The van der Waals surface area contributed by atoms with Crippen LogP contribution in [0.15, 0.2) is 16.5 Å². The molecule has 2 saturated heterocycles. The summed E-state index contributed by atoms with van der Waals surface area (Å²) in [5.74, 6) is -2.39. The summed E-state index contributed by atoms with van der Waals surface area (Å²) < 4.78 is 11.6. The van der Waals surface area contributed by atoms with E-state index in [0.29, 0.717) is 30.9 Å². The first-order valence-electron chi connectivity index (χ1n) is 9.35. The van der Waals surface area contributed by atoms with Crippen LogP contribution >= 0.6 is 0 Å². The lowest BCUT2D eigenvalue weighted by Crippen LogP contribution is -2.52. The largest absolute Gasteiger partial charge is 0.461 e. The Balaban J connectivity index is 1.65. The molecule has 1 aromatic heterocycles. The number of carbonyl (C=O) groups is 2. The van der Waals surface area contributed by atoms with Crippen LogP contribution in [0.25, 0.3) is 0 Å². The Morgan fingerprint density at radius 2 is 2.04 bits per heavy atom. The second-order valence-electron chi connectivity index (χ2n) is 7.76. The SMILES string of the molecule is CCCN1C(=O)[C@H]2[C@H](C[C@H](C)[C@@]3(O)O[C@H](c4ccc(CO)o4)C[C@@H]23)C1=O. The van der Waals surface area contributed by atoms with Crippen LogP contribution in [0.3, 0.4) is 0 Å². The number of carbonyl (C=O) groups excluding carboxylic acids is 2. The van der Waals surface area contributed by atoms with Crippen molar-refractivity contribution in [1.29, 1.82) is 0 Å². The normalized spacial score (nSPS) is 39.4. The zero-order chi connectivity index (χ0) is 18.6. The zero-order valence-electron chi connectivity index (χ0n) is 15.1. The number of ether oxygens (including phenoxy) is 1. The number of furan rings is 1. The molecule has 1 saturated carbocycles. The van der Waals surface area contributed by atoms with Gasteiger partial charge in [-0.2, -0.15) is 0 Å². The van der Waals surface area contributed by atoms with Crippen LogP contribution in [0.4, 0.5) is 0 Å². The van der Waals surface area contributed by atoms with Crippen molar-refractivity contribution in [1.82, 2.24) is 4.90 Å². The second kappa shape index (κ2) is 6.18. The van der Waals surface area contributed by atoms with E-state index < -0.39 is 23.7 Å². The van der Waals surface area contributed by atoms with Crippen molar-refractivity contribution in [2.24, 2.45) is 23.7 Å². The van der Waals surface area contributed by atoms with Gasteiger partial charge in [0.1, 0.15) is 24.2 Å². The summed E-state index contributed by atoms with van der Waals surface area (Å²) in [7, 11) is 0. The van der Waals surface area contributed by atoms with Crippen molar-refractivity contribution in [3.8, 4) is 0 Å². The van der Waals surface area contributed by atoms with E-state index in [2.05, 4.69) is 0 Å². The highest BCUT2D eigenvalue weighted by Gasteiger charge is 2.65. The van der Waals surface area contributed by atoms with Crippen LogP contribution in [0, 0.1) is 23.7 Å². The highest BCUT2D eigenvalue weighted by Crippen LogP contribution is 2.58. The molecule has 0 spiro atoms. The number of imide groups is 1. The summed E-state index contributed by atoms with van der Waals surface area (Å²) in [5, 5.41) is 20.4. The predicted molar refractivity (Wildman–Crippen MR) is 89.3 cm³/mol. The molecule has 7 nitrogen and oxygen atoms in total. The third-order valence-electron chi connectivity index (χ3n) is 6.25. The van der Waals surface area contributed by atoms with Gasteiger partial charge < -0.3 is 19.4 Å². The Morgan fingerprint density at radius 3 is 2.69 bits per heavy atom. The Bertz CT molecular complexity index is 729. The molecule has 2 aliphatic heterocycles. The molecule has 142 valence electrons. The molecule has 2 N–H and O–H groups in total. The summed E-state index contributed by atoms with van der Waals surface area (Å²) in [4.78, 5) is 27.0. The first-order chi connectivity index (χ1) is 12.4.